The Morgan fingerprint density at radius 1 is 1.25 bits per heavy atom. The molecule has 1 aliphatic heterocycles. The van der Waals surface area contributed by atoms with E-state index in [1.165, 1.54) is 24.1 Å². The van der Waals surface area contributed by atoms with Crippen molar-refractivity contribution in [3.8, 4) is 0 Å². The summed E-state index contributed by atoms with van der Waals surface area (Å²) in [7, 11) is 0. The average molecular weight is 295 g/mol. The number of nitrogens with two attached hydrogens (primary N) is 1. The molecule has 1 aromatic carbocycles. The second kappa shape index (κ2) is 6.82. The lowest BCUT2D eigenvalue weighted by atomic mass is 9.86. The smallest absolute Gasteiger partial charge is 0.0642 e. The van der Waals surface area contributed by atoms with E-state index in [4.69, 9.17) is 17.3 Å². The molecule has 1 atom stereocenters. The van der Waals surface area contributed by atoms with Gasteiger partial charge >= 0.3 is 0 Å². The van der Waals surface area contributed by atoms with Crippen LogP contribution >= 0.6 is 11.6 Å². The van der Waals surface area contributed by atoms with Crippen LogP contribution in [0.1, 0.15) is 39.2 Å². The maximum absolute atomic E-state index is 6.46. The zero-order valence-corrected chi connectivity index (χ0v) is 13.7. The van der Waals surface area contributed by atoms with Gasteiger partial charge in [-0.25, -0.2) is 0 Å². The first-order valence-electron chi connectivity index (χ1n) is 7.76. The van der Waals surface area contributed by atoms with Crippen LogP contribution in [-0.2, 0) is 6.42 Å². The van der Waals surface area contributed by atoms with Gasteiger partial charge in [0.15, 0.2) is 0 Å². The molecule has 2 rings (SSSR count). The summed E-state index contributed by atoms with van der Waals surface area (Å²) in [6, 6.07) is 6.59. The molecule has 2 nitrogen and oxygen atoms in total. The van der Waals surface area contributed by atoms with Crippen LogP contribution in [-0.4, -0.2) is 19.1 Å². The highest BCUT2D eigenvalue weighted by atomic mass is 35.5. The molecule has 0 spiro atoms. The van der Waals surface area contributed by atoms with Gasteiger partial charge in [-0.05, 0) is 55.7 Å². The van der Waals surface area contributed by atoms with Crippen LogP contribution in [0.3, 0.4) is 0 Å². The topological polar surface area (TPSA) is 29.3 Å². The first-order chi connectivity index (χ1) is 9.47. The largest absolute Gasteiger partial charge is 0.370 e. The van der Waals surface area contributed by atoms with Gasteiger partial charge in [0.05, 0.1) is 10.7 Å². The maximum atomic E-state index is 6.46. The summed E-state index contributed by atoms with van der Waals surface area (Å²) in [6.45, 7) is 8.93. The molecular formula is C17H27ClN2. The number of halogens is 1. The third-order valence-electron chi connectivity index (χ3n) is 4.39. The Kier molecular flexibility index (Phi) is 5.34. The van der Waals surface area contributed by atoms with Gasteiger partial charge < -0.3 is 10.6 Å². The molecule has 20 heavy (non-hydrogen) atoms. The molecule has 1 aliphatic rings. The fraction of sp³-hybridized carbons (Fsp3) is 0.647. The minimum Gasteiger partial charge on any atom is -0.370 e. The van der Waals surface area contributed by atoms with Crippen LogP contribution in [0.2, 0.25) is 5.02 Å². The van der Waals surface area contributed by atoms with Crippen LogP contribution < -0.4 is 10.6 Å². The molecule has 0 bridgehead atoms. The highest BCUT2D eigenvalue weighted by Gasteiger charge is 2.22. The number of piperidine rings is 1. The Labute approximate surface area is 128 Å². The van der Waals surface area contributed by atoms with Gasteiger partial charge in [0.1, 0.15) is 0 Å². The normalized spacial score (nSPS) is 18.6. The predicted molar refractivity (Wildman–Crippen MR) is 88.6 cm³/mol. The van der Waals surface area contributed by atoms with E-state index in [-0.39, 0.29) is 6.04 Å². The van der Waals surface area contributed by atoms with E-state index in [1.54, 1.807) is 0 Å². The maximum Gasteiger partial charge on any atom is 0.0642 e. The molecule has 1 aromatic rings. The Hall–Kier alpha value is -0.730. The Morgan fingerprint density at radius 3 is 2.40 bits per heavy atom. The lowest BCUT2D eigenvalue weighted by molar-refractivity contribution is 0.311. The minimum atomic E-state index is 0.179. The molecule has 1 saturated heterocycles. The third kappa shape index (κ3) is 3.89. The summed E-state index contributed by atoms with van der Waals surface area (Å²) in [6.07, 6.45) is 3.43. The van der Waals surface area contributed by atoms with Crippen LogP contribution in [0.5, 0.6) is 0 Å². The van der Waals surface area contributed by atoms with Gasteiger partial charge in [-0.15, -0.1) is 0 Å². The number of nitrogens with zero attached hydrogens (tertiary/aromatic N) is 1. The molecule has 2 N–H and O–H groups in total. The predicted octanol–water partition coefficient (Wildman–Crippen LogP) is 4.10. The second-order valence-electron chi connectivity index (χ2n) is 6.54. The van der Waals surface area contributed by atoms with Crippen molar-refractivity contribution in [3.05, 3.63) is 28.8 Å². The third-order valence-corrected chi connectivity index (χ3v) is 4.70. The summed E-state index contributed by atoms with van der Waals surface area (Å²) >= 11 is 6.46. The fourth-order valence-corrected chi connectivity index (χ4v) is 3.44. The van der Waals surface area contributed by atoms with Crippen molar-refractivity contribution >= 4 is 17.3 Å². The average Bonchev–Trinajstić information content (AvgIpc) is 2.38. The van der Waals surface area contributed by atoms with Crippen LogP contribution in [0.4, 0.5) is 5.69 Å². The quantitative estimate of drug-likeness (QED) is 0.906. The molecule has 0 aliphatic carbocycles. The first-order valence-corrected chi connectivity index (χ1v) is 8.14. The number of rotatable bonds is 4. The molecule has 0 saturated carbocycles. The Bertz CT molecular complexity index is 435. The summed E-state index contributed by atoms with van der Waals surface area (Å²) in [5.74, 6) is 1.66. The van der Waals surface area contributed by atoms with Crippen LogP contribution in [0, 0.1) is 11.8 Å². The van der Waals surface area contributed by atoms with E-state index in [0.29, 0.717) is 0 Å². The van der Waals surface area contributed by atoms with Crippen LogP contribution in [0.15, 0.2) is 18.2 Å². The van der Waals surface area contributed by atoms with Crippen molar-refractivity contribution in [2.45, 2.75) is 46.1 Å². The summed E-state index contributed by atoms with van der Waals surface area (Å²) in [4.78, 5) is 2.43. The van der Waals surface area contributed by atoms with E-state index in [2.05, 4.69) is 36.9 Å². The lowest BCUT2D eigenvalue weighted by Gasteiger charge is -2.35. The molecular weight excluding hydrogens is 268 g/mol. The van der Waals surface area contributed by atoms with E-state index in [0.717, 1.165) is 36.4 Å². The molecule has 3 heteroatoms. The fourth-order valence-electron chi connectivity index (χ4n) is 3.11. The van der Waals surface area contributed by atoms with Crippen molar-refractivity contribution in [1.29, 1.82) is 0 Å². The van der Waals surface area contributed by atoms with Crippen molar-refractivity contribution < 1.29 is 0 Å². The SMILES string of the molecule is CC(N)Cc1ccc(N2CCC(C(C)C)CC2)c(Cl)c1. The number of hydrogen-bond donors (Lipinski definition) is 1. The van der Waals surface area contributed by atoms with Crippen molar-refractivity contribution in [2.24, 2.45) is 17.6 Å². The van der Waals surface area contributed by atoms with E-state index in [1.807, 2.05) is 6.92 Å². The Balaban J connectivity index is 2.03. The molecule has 0 radical (unpaired) electrons. The molecule has 1 fully saturated rings. The van der Waals surface area contributed by atoms with Gasteiger partial charge in [-0.1, -0.05) is 31.5 Å². The monoisotopic (exact) mass is 294 g/mol. The van der Waals surface area contributed by atoms with E-state index >= 15 is 0 Å². The first kappa shape index (κ1) is 15.7. The number of benzene rings is 1. The van der Waals surface area contributed by atoms with Gasteiger partial charge in [-0.2, -0.15) is 0 Å². The molecule has 0 aromatic heterocycles. The number of anilines is 1. The van der Waals surface area contributed by atoms with Crippen molar-refractivity contribution in [2.75, 3.05) is 18.0 Å². The van der Waals surface area contributed by atoms with Gasteiger partial charge in [0.2, 0.25) is 0 Å². The molecule has 1 heterocycles. The number of hydrogen-bond acceptors (Lipinski definition) is 2. The van der Waals surface area contributed by atoms with Gasteiger partial charge in [0.25, 0.3) is 0 Å². The highest BCUT2D eigenvalue weighted by Crippen LogP contribution is 2.32. The zero-order valence-electron chi connectivity index (χ0n) is 12.9. The lowest BCUT2D eigenvalue weighted by Crippen LogP contribution is -2.35. The summed E-state index contributed by atoms with van der Waals surface area (Å²) in [5.41, 5.74) is 8.26. The van der Waals surface area contributed by atoms with E-state index < -0.39 is 0 Å². The Morgan fingerprint density at radius 2 is 1.90 bits per heavy atom. The van der Waals surface area contributed by atoms with Gasteiger partial charge in [-0.3, -0.25) is 0 Å². The summed E-state index contributed by atoms with van der Waals surface area (Å²) < 4.78 is 0. The molecule has 1 unspecified atom stereocenters. The van der Waals surface area contributed by atoms with Crippen molar-refractivity contribution in [1.82, 2.24) is 0 Å². The zero-order chi connectivity index (χ0) is 14.7. The molecule has 112 valence electrons. The van der Waals surface area contributed by atoms with Crippen molar-refractivity contribution in [3.63, 3.8) is 0 Å². The van der Waals surface area contributed by atoms with Gasteiger partial charge in [0, 0.05) is 19.1 Å². The summed E-state index contributed by atoms with van der Waals surface area (Å²) in [5, 5.41) is 0.867. The second-order valence-corrected chi connectivity index (χ2v) is 6.94. The molecule has 0 amide bonds. The van der Waals surface area contributed by atoms with Crippen LogP contribution in [0.25, 0.3) is 0 Å². The minimum absolute atomic E-state index is 0.179. The standard InChI is InChI=1S/C17H27ClN2/c1-12(2)15-6-8-20(9-7-15)17-5-4-14(10-13(3)19)11-16(17)18/h4-5,11-13,15H,6-10,19H2,1-3H3. The highest BCUT2D eigenvalue weighted by molar-refractivity contribution is 6.33. The van der Waals surface area contributed by atoms with E-state index in [9.17, 15) is 0 Å².